The molecule has 1 amide bonds. The second-order valence-corrected chi connectivity index (χ2v) is 10.4. The highest BCUT2D eigenvalue weighted by molar-refractivity contribution is 6.34. The largest absolute Gasteiger partial charge is 0.476 e. The molecule has 0 saturated heterocycles. The van der Waals surface area contributed by atoms with E-state index in [4.69, 9.17) is 11.6 Å². The second-order valence-electron chi connectivity index (χ2n) is 9.95. The Balaban J connectivity index is 1.38. The van der Waals surface area contributed by atoms with E-state index in [1.807, 2.05) is 0 Å². The molecule has 4 bridgehead atoms. The lowest BCUT2D eigenvalue weighted by Crippen LogP contribution is -2.51. The summed E-state index contributed by atoms with van der Waals surface area (Å²) in [6.45, 7) is 2.45. The van der Waals surface area contributed by atoms with Gasteiger partial charge in [-0.3, -0.25) is 4.79 Å². The number of carboxylic acid groups (broad SMARTS) is 1. The highest BCUT2D eigenvalue weighted by atomic mass is 35.5. The van der Waals surface area contributed by atoms with Crippen LogP contribution in [0, 0.1) is 30.1 Å². The van der Waals surface area contributed by atoms with Gasteiger partial charge in [0.1, 0.15) is 0 Å². The van der Waals surface area contributed by atoms with Crippen molar-refractivity contribution < 1.29 is 14.7 Å². The van der Waals surface area contributed by atoms with E-state index in [1.54, 1.807) is 37.3 Å². The summed E-state index contributed by atoms with van der Waals surface area (Å²) in [5.74, 6) is 1.21. The predicted molar refractivity (Wildman–Crippen MR) is 119 cm³/mol. The zero-order valence-corrected chi connectivity index (χ0v) is 18.4. The number of hydrogen-bond donors (Lipinski definition) is 2. The molecule has 1 heterocycles. The number of halogens is 1. The Hall–Kier alpha value is -2.40. The van der Waals surface area contributed by atoms with Crippen LogP contribution in [0.15, 0.2) is 30.3 Å². The van der Waals surface area contributed by atoms with Gasteiger partial charge < -0.3 is 10.4 Å². The van der Waals surface area contributed by atoms with Crippen LogP contribution in [0.25, 0.3) is 11.1 Å². The molecule has 6 heteroatoms. The van der Waals surface area contributed by atoms with Gasteiger partial charge in [0.15, 0.2) is 5.69 Å². The maximum absolute atomic E-state index is 13.1. The smallest absolute Gasteiger partial charge is 0.355 e. The van der Waals surface area contributed by atoms with Crippen LogP contribution in [-0.2, 0) is 0 Å². The van der Waals surface area contributed by atoms with Gasteiger partial charge in [-0.1, -0.05) is 23.7 Å². The molecule has 0 atom stereocenters. The van der Waals surface area contributed by atoms with E-state index in [2.05, 4.69) is 10.3 Å². The fourth-order valence-corrected chi connectivity index (χ4v) is 6.89. The van der Waals surface area contributed by atoms with E-state index in [0.29, 0.717) is 34.0 Å². The standard InChI is InChI=1S/C25H27ClN2O3/c1-14-2-4-19(22(28-14)24(30)31)18-3-5-21(26)20(9-18)23(29)27-13-25-10-15-6-16(11-25)8-17(7-15)12-25/h2-5,9,15-17H,6-8,10-13H2,1H3,(H,27,29)(H,30,31). The Kier molecular flexibility index (Phi) is 5.04. The van der Waals surface area contributed by atoms with Crippen molar-refractivity contribution in [3.8, 4) is 11.1 Å². The molecule has 4 aliphatic carbocycles. The third-order valence-electron chi connectivity index (χ3n) is 7.55. The van der Waals surface area contributed by atoms with Gasteiger partial charge in [0.2, 0.25) is 0 Å². The van der Waals surface area contributed by atoms with Gasteiger partial charge >= 0.3 is 5.97 Å². The lowest BCUT2D eigenvalue weighted by Gasteiger charge is -2.56. The highest BCUT2D eigenvalue weighted by Gasteiger charge is 2.50. The first-order valence-electron chi connectivity index (χ1n) is 11.1. The van der Waals surface area contributed by atoms with Crippen molar-refractivity contribution >= 4 is 23.5 Å². The summed E-state index contributed by atoms with van der Waals surface area (Å²) in [5, 5.41) is 13.1. The molecule has 5 nitrogen and oxygen atoms in total. The zero-order chi connectivity index (χ0) is 21.8. The summed E-state index contributed by atoms with van der Waals surface area (Å²) in [5.41, 5.74) is 2.32. The average molecular weight is 439 g/mol. The van der Waals surface area contributed by atoms with Crippen LogP contribution in [0.5, 0.6) is 0 Å². The third kappa shape index (κ3) is 3.84. The molecule has 2 aromatic rings. The maximum Gasteiger partial charge on any atom is 0.355 e. The number of aromatic carboxylic acids is 1. The van der Waals surface area contributed by atoms with Gasteiger partial charge in [-0.2, -0.15) is 0 Å². The number of aryl methyl sites for hydroxylation is 1. The van der Waals surface area contributed by atoms with Crippen LogP contribution < -0.4 is 5.32 Å². The molecular formula is C25H27ClN2O3. The molecule has 0 unspecified atom stereocenters. The molecule has 0 spiro atoms. The lowest BCUT2D eigenvalue weighted by molar-refractivity contribution is -0.0503. The van der Waals surface area contributed by atoms with Crippen molar-refractivity contribution in [1.29, 1.82) is 0 Å². The van der Waals surface area contributed by atoms with Crippen molar-refractivity contribution in [1.82, 2.24) is 10.3 Å². The zero-order valence-electron chi connectivity index (χ0n) is 17.7. The number of nitrogens with one attached hydrogen (secondary N) is 1. The number of hydrogen-bond acceptors (Lipinski definition) is 3. The predicted octanol–water partition coefficient (Wildman–Crippen LogP) is 5.35. The summed E-state index contributed by atoms with van der Waals surface area (Å²) in [7, 11) is 0. The molecule has 1 aromatic carbocycles. The lowest BCUT2D eigenvalue weighted by atomic mass is 9.49. The van der Waals surface area contributed by atoms with E-state index in [1.165, 1.54) is 38.5 Å². The Morgan fingerprint density at radius 2 is 1.74 bits per heavy atom. The number of benzene rings is 1. The van der Waals surface area contributed by atoms with Gasteiger partial charge in [0.05, 0.1) is 10.6 Å². The van der Waals surface area contributed by atoms with Crippen LogP contribution in [0.3, 0.4) is 0 Å². The molecule has 0 radical (unpaired) electrons. The van der Waals surface area contributed by atoms with Crippen molar-refractivity contribution in [2.75, 3.05) is 6.54 Å². The molecule has 4 fully saturated rings. The first kappa shape index (κ1) is 20.5. The number of pyridine rings is 1. The van der Waals surface area contributed by atoms with Crippen LogP contribution in [-0.4, -0.2) is 28.5 Å². The number of carbonyl (C=O) groups is 2. The molecule has 31 heavy (non-hydrogen) atoms. The highest BCUT2D eigenvalue weighted by Crippen LogP contribution is 2.59. The molecule has 4 aliphatic rings. The first-order valence-corrected chi connectivity index (χ1v) is 11.5. The normalized spacial score (nSPS) is 28.5. The summed E-state index contributed by atoms with van der Waals surface area (Å²) < 4.78 is 0. The van der Waals surface area contributed by atoms with Crippen molar-refractivity contribution in [3.05, 3.63) is 52.3 Å². The number of amides is 1. The summed E-state index contributed by atoms with van der Waals surface area (Å²) in [6, 6.07) is 8.56. The number of carbonyl (C=O) groups excluding carboxylic acids is 1. The fourth-order valence-electron chi connectivity index (χ4n) is 6.69. The minimum atomic E-state index is -1.10. The van der Waals surface area contributed by atoms with Crippen molar-refractivity contribution in [2.24, 2.45) is 23.2 Å². The molecule has 1 aromatic heterocycles. The Morgan fingerprint density at radius 1 is 1.10 bits per heavy atom. The van der Waals surface area contributed by atoms with E-state index < -0.39 is 5.97 Å². The topological polar surface area (TPSA) is 79.3 Å². The summed E-state index contributed by atoms with van der Waals surface area (Å²) >= 11 is 6.37. The fraction of sp³-hybridized carbons (Fsp3) is 0.480. The number of rotatable bonds is 5. The van der Waals surface area contributed by atoms with Gasteiger partial charge in [0.25, 0.3) is 5.91 Å². The number of carboxylic acids is 1. The Labute approximate surface area is 187 Å². The molecule has 2 N–H and O–H groups in total. The Bertz CT molecular complexity index is 1030. The van der Waals surface area contributed by atoms with Crippen molar-refractivity contribution in [2.45, 2.75) is 45.4 Å². The van der Waals surface area contributed by atoms with Crippen LogP contribution in [0.2, 0.25) is 5.02 Å². The van der Waals surface area contributed by atoms with E-state index in [0.717, 1.165) is 17.8 Å². The van der Waals surface area contributed by atoms with E-state index >= 15 is 0 Å². The minimum Gasteiger partial charge on any atom is -0.476 e. The van der Waals surface area contributed by atoms with Gasteiger partial charge in [0, 0.05) is 17.8 Å². The third-order valence-corrected chi connectivity index (χ3v) is 7.88. The second kappa shape index (κ2) is 7.63. The quantitative estimate of drug-likeness (QED) is 0.659. The molecule has 0 aliphatic heterocycles. The molecular weight excluding hydrogens is 412 g/mol. The van der Waals surface area contributed by atoms with Gasteiger partial charge in [-0.15, -0.1) is 0 Å². The average Bonchev–Trinajstić information content (AvgIpc) is 2.71. The van der Waals surface area contributed by atoms with Gasteiger partial charge in [-0.05, 0) is 92.4 Å². The van der Waals surface area contributed by atoms with E-state index in [9.17, 15) is 14.7 Å². The van der Waals surface area contributed by atoms with Crippen molar-refractivity contribution in [3.63, 3.8) is 0 Å². The molecule has 6 rings (SSSR count). The Morgan fingerprint density at radius 3 is 2.35 bits per heavy atom. The first-order chi connectivity index (χ1) is 14.8. The monoisotopic (exact) mass is 438 g/mol. The van der Waals surface area contributed by atoms with Gasteiger partial charge in [-0.25, -0.2) is 9.78 Å². The molecule has 162 valence electrons. The SMILES string of the molecule is Cc1ccc(-c2ccc(Cl)c(C(=O)NCC34CC5CC(CC(C5)C3)C4)c2)c(C(=O)O)n1. The summed E-state index contributed by atoms with van der Waals surface area (Å²) in [6.07, 6.45) is 7.80. The number of nitrogens with zero attached hydrogens (tertiary/aromatic N) is 1. The summed E-state index contributed by atoms with van der Waals surface area (Å²) in [4.78, 5) is 28.9. The van der Waals surface area contributed by atoms with E-state index in [-0.39, 0.29) is 17.0 Å². The maximum atomic E-state index is 13.1. The van der Waals surface area contributed by atoms with Crippen LogP contribution >= 0.6 is 11.6 Å². The van der Waals surface area contributed by atoms with Crippen LogP contribution in [0.1, 0.15) is 65.1 Å². The molecule has 4 saturated carbocycles. The minimum absolute atomic E-state index is 0.0257. The van der Waals surface area contributed by atoms with Crippen LogP contribution in [0.4, 0.5) is 0 Å². The number of aromatic nitrogens is 1.